The van der Waals surface area contributed by atoms with Gasteiger partial charge in [0.25, 0.3) is 0 Å². The van der Waals surface area contributed by atoms with Crippen LogP contribution in [0.3, 0.4) is 0 Å². The number of guanidine groups is 1. The van der Waals surface area contributed by atoms with Gasteiger partial charge < -0.3 is 19.7 Å². The van der Waals surface area contributed by atoms with Crippen molar-refractivity contribution in [1.29, 1.82) is 0 Å². The molecule has 0 saturated carbocycles. The number of rotatable bonds is 7. The smallest absolute Gasteiger partial charge is 0.308 e. The van der Waals surface area contributed by atoms with Gasteiger partial charge in [-0.15, -0.1) is 0 Å². The van der Waals surface area contributed by atoms with E-state index in [0.29, 0.717) is 6.54 Å². The van der Waals surface area contributed by atoms with Crippen molar-refractivity contribution < 1.29 is 14.3 Å². The minimum Gasteiger partial charge on any atom is -0.496 e. The highest BCUT2D eigenvalue weighted by molar-refractivity contribution is 5.80. The van der Waals surface area contributed by atoms with Crippen LogP contribution in [0.1, 0.15) is 50.6 Å². The topological polar surface area (TPSA) is 66.4 Å². The number of likely N-dealkylation sites (tertiary alicyclic amines) is 2. The van der Waals surface area contributed by atoms with Crippen molar-refractivity contribution in [1.82, 2.24) is 15.1 Å². The summed E-state index contributed by atoms with van der Waals surface area (Å²) in [5, 5.41) is 3.46. The van der Waals surface area contributed by atoms with Gasteiger partial charge in [0.05, 0.1) is 32.7 Å². The van der Waals surface area contributed by atoms with Crippen LogP contribution in [0.5, 0.6) is 5.75 Å². The van der Waals surface area contributed by atoms with E-state index in [-0.39, 0.29) is 17.9 Å². The van der Waals surface area contributed by atoms with Gasteiger partial charge in [-0.3, -0.25) is 14.7 Å². The van der Waals surface area contributed by atoms with Gasteiger partial charge in [-0.25, -0.2) is 0 Å². The van der Waals surface area contributed by atoms with Crippen LogP contribution in [0.4, 0.5) is 0 Å². The van der Waals surface area contributed by atoms with Crippen LogP contribution in [-0.4, -0.2) is 75.2 Å². The van der Waals surface area contributed by atoms with E-state index < -0.39 is 0 Å². The molecule has 7 nitrogen and oxygen atoms in total. The van der Waals surface area contributed by atoms with Crippen molar-refractivity contribution in [3.05, 3.63) is 29.8 Å². The number of aliphatic imine (C=N–C) groups is 1. The first-order valence-corrected chi connectivity index (χ1v) is 11.7. The van der Waals surface area contributed by atoms with Crippen molar-refractivity contribution in [2.45, 2.75) is 45.1 Å². The van der Waals surface area contributed by atoms with Gasteiger partial charge in [-0.1, -0.05) is 24.6 Å². The molecule has 7 heteroatoms. The lowest BCUT2D eigenvalue weighted by molar-refractivity contribution is -0.146. The summed E-state index contributed by atoms with van der Waals surface area (Å²) in [6, 6.07) is 8.51. The average Bonchev–Trinajstić information content (AvgIpc) is 2.84. The Labute approximate surface area is 186 Å². The van der Waals surface area contributed by atoms with E-state index in [9.17, 15) is 4.79 Å². The lowest BCUT2D eigenvalue weighted by Crippen LogP contribution is -2.47. The Morgan fingerprint density at radius 1 is 1.13 bits per heavy atom. The number of hydrogen-bond acceptors (Lipinski definition) is 5. The highest BCUT2D eigenvalue weighted by atomic mass is 16.5. The number of benzene rings is 1. The van der Waals surface area contributed by atoms with Crippen LogP contribution in [0, 0.1) is 5.92 Å². The molecule has 0 amide bonds. The molecule has 0 aliphatic carbocycles. The highest BCUT2D eigenvalue weighted by Gasteiger charge is 2.28. The maximum absolute atomic E-state index is 11.9. The van der Waals surface area contributed by atoms with Crippen LogP contribution in [0.25, 0.3) is 0 Å². The van der Waals surface area contributed by atoms with Crippen LogP contribution in [-0.2, 0) is 9.53 Å². The zero-order valence-electron chi connectivity index (χ0n) is 19.3. The molecule has 1 unspecified atom stereocenters. The molecule has 2 fully saturated rings. The SMILES string of the molecule is CCNC(=NCC(c1ccccc1OC)N1CCCCC1)N1CCC(C(=O)OC)CC1. The van der Waals surface area contributed by atoms with E-state index in [1.807, 2.05) is 12.1 Å². The summed E-state index contributed by atoms with van der Waals surface area (Å²) in [5.41, 5.74) is 1.20. The van der Waals surface area contributed by atoms with Crippen LogP contribution in [0.15, 0.2) is 29.3 Å². The molecule has 1 aromatic rings. The summed E-state index contributed by atoms with van der Waals surface area (Å²) in [5.74, 6) is 1.77. The predicted molar refractivity (Wildman–Crippen MR) is 123 cm³/mol. The molecule has 2 saturated heterocycles. The molecule has 0 bridgehead atoms. The number of ether oxygens (including phenoxy) is 2. The van der Waals surface area contributed by atoms with Crippen molar-refractivity contribution >= 4 is 11.9 Å². The Hall–Kier alpha value is -2.28. The first-order valence-electron chi connectivity index (χ1n) is 11.7. The Morgan fingerprint density at radius 3 is 2.48 bits per heavy atom. The second kappa shape index (κ2) is 11.9. The Balaban J connectivity index is 1.77. The molecule has 2 aliphatic heterocycles. The molecule has 172 valence electrons. The molecule has 0 radical (unpaired) electrons. The molecule has 0 aromatic heterocycles. The molecule has 1 N–H and O–H groups in total. The van der Waals surface area contributed by atoms with Crippen molar-refractivity contribution in [2.24, 2.45) is 10.9 Å². The zero-order chi connectivity index (χ0) is 22.1. The Kier molecular flexibility index (Phi) is 9.00. The third-order valence-electron chi connectivity index (χ3n) is 6.41. The first-order chi connectivity index (χ1) is 15.2. The van der Waals surface area contributed by atoms with E-state index in [1.54, 1.807) is 7.11 Å². The van der Waals surface area contributed by atoms with Gasteiger partial charge in [0.2, 0.25) is 0 Å². The number of carbonyl (C=O) groups is 1. The van der Waals surface area contributed by atoms with Crippen LogP contribution < -0.4 is 10.1 Å². The molecule has 31 heavy (non-hydrogen) atoms. The van der Waals surface area contributed by atoms with Crippen molar-refractivity contribution in [2.75, 3.05) is 53.5 Å². The van der Waals surface area contributed by atoms with E-state index in [2.05, 4.69) is 34.2 Å². The monoisotopic (exact) mass is 430 g/mol. The third kappa shape index (κ3) is 6.12. The quantitative estimate of drug-likeness (QED) is 0.407. The molecule has 1 aromatic carbocycles. The minimum absolute atomic E-state index is 0.00111. The fourth-order valence-electron chi connectivity index (χ4n) is 4.67. The summed E-state index contributed by atoms with van der Waals surface area (Å²) in [7, 11) is 3.21. The number of carbonyl (C=O) groups excluding carboxylic acids is 1. The lowest BCUT2D eigenvalue weighted by atomic mass is 9.97. The van der Waals surface area contributed by atoms with E-state index in [1.165, 1.54) is 31.9 Å². The van der Waals surface area contributed by atoms with Gasteiger partial charge in [-0.2, -0.15) is 0 Å². The van der Waals surface area contributed by atoms with Gasteiger partial charge in [0, 0.05) is 25.2 Å². The summed E-state index contributed by atoms with van der Waals surface area (Å²) in [6.45, 7) is 7.42. The molecule has 1 atom stereocenters. The third-order valence-corrected chi connectivity index (χ3v) is 6.41. The normalized spacial score (nSPS) is 19.7. The standard InChI is InChI=1S/C24H38N4O3/c1-4-25-24(28-16-12-19(13-17-28)23(29)31-3)26-18-21(27-14-8-5-9-15-27)20-10-6-7-11-22(20)30-2/h6-7,10-11,19,21H,4-5,8-9,12-18H2,1-3H3,(H,25,26). The highest BCUT2D eigenvalue weighted by Crippen LogP contribution is 2.31. The molecule has 3 rings (SSSR count). The second-order valence-corrected chi connectivity index (χ2v) is 8.33. The maximum Gasteiger partial charge on any atom is 0.308 e. The number of hydrogen-bond donors (Lipinski definition) is 1. The van der Waals surface area contributed by atoms with Crippen molar-refractivity contribution in [3.63, 3.8) is 0 Å². The number of nitrogens with one attached hydrogen (secondary N) is 1. The largest absolute Gasteiger partial charge is 0.496 e. The summed E-state index contributed by atoms with van der Waals surface area (Å²) >= 11 is 0. The van der Waals surface area contributed by atoms with Gasteiger partial charge >= 0.3 is 5.97 Å². The number of piperidine rings is 2. The zero-order valence-corrected chi connectivity index (χ0v) is 19.3. The second-order valence-electron chi connectivity index (χ2n) is 8.33. The molecule has 0 spiro atoms. The van der Waals surface area contributed by atoms with Gasteiger partial charge in [-0.05, 0) is 51.8 Å². The molecule has 2 aliphatic rings. The Bertz CT molecular complexity index is 725. The first kappa shape index (κ1) is 23.4. The van der Waals surface area contributed by atoms with Gasteiger partial charge in [0.15, 0.2) is 5.96 Å². The van der Waals surface area contributed by atoms with Crippen LogP contribution >= 0.6 is 0 Å². The van der Waals surface area contributed by atoms with E-state index in [0.717, 1.165) is 57.3 Å². The summed E-state index contributed by atoms with van der Waals surface area (Å²) in [4.78, 5) is 21.8. The fourth-order valence-corrected chi connectivity index (χ4v) is 4.67. The number of methoxy groups -OCH3 is 2. The number of para-hydroxylation sites is 1. The van der Waals surface area contributed by atoms with Crippen LogP contribution in [0.2, 0.25) is 0 Å². The fraction of sp³-hybridized carbons (Fsp3) is 0.667. The predicted octanol–water partition coefficient (Wildman–Crippen LogP) is 3.07. The Morgan fingerprint density at radius 2 is 1.84 bits per heavy atom. The number of nitrogens with zero attached hydrogens (tertiary/aromatic N) is 3. The minimum atomic E-state index is -0.0945. The summed E-state index contributed by atoms with van der Waals surface area (Å²) < 4.78 is 10.6. The summed E-state index contributed by atoms with van der Waals surface area (Å²) in [6.07, 6.45) is 5.38. The number of esters is 1. The lowest BCUT2D eigenvalue weighted by Gasteiger charge is -2.36. The molecular formula is C24H38N4O3. The maximum atomic E-state index is 11.9. The van der Waals surface area contributed by atoms with Crippen molar-refractivity contribution in [3.8, 4) is 5.75 Å². The van der Waals surface area contributed by atoms with Gasteiger partial charge in [0.1, 0.15) is 5.75 Å². The molecular weight excluding hydrogens is 392 g/mol. The molecule has 2 heterocycles. The van der Waals surface area contributed by atoms with E-state index in [4.69, 9.17) is 14.5 Å². The average molecular weight is 431 g/mol. The van der Waals surface area contributed by atoms with E-state index >= 15 is 0 Å².